The normalized spacial score (nSPS) is 10.5. The van der Waals surface area contributed by atoms with Crippen LogP contribution in [0.5, 0.6) is 0 Å². The van der Waals surface area contributed by atoms with Gasteiger partial charge in [0.05, 0.1) is 17.1 Å². The Hall–Kier alpha value is -2.46. The summed E-state index contributed by atoms with van der Waals surface area (Å²) in [5, 5.41) is 10.1. The van der Waals surface area contributed by atoms with E-state index >= 15 is 0 Å². The SMILES string of the molecule is O=C(O)Cc1sc(Cc2ccccc2)nc1-c1ccccc1. The molecule has 0 saturated carbocycles. The van der Waals surface area contributed by atoms with Crippen LogP contribution >= 0.6 is 11.3 Å². The number of hydrogen-bond acceptors (Lipinski definition) is 3. The predicted molar refractivity (Wildman–Crippen MR) is 88.1 cm³/mol. The Morgan fingerprint density at radius 3 is 2.27 bits per heavy atom. The van der Waals surface area contributed by atoms with Gasteiger partial charge in [-0.05, 0) is 5.56 Å². The predicted octanol–water partition coefficient (Wildman–Crippen LogP) is 4.03. The molecular formula is C18H15NO2S. The van der Waals surface area contributed by atoms with Gasteiger partial charge < -0.3 is 5.11 Å². The first kappa shape index (κ1) is 14.5. The van der Waals surface area contributed by atoms with E-state index in [1.54, 1.807) is 0 Å². The van der Waals surface area contributed by atoms with Crippen molar-refractivity contribution in [1.82, 2.24) is 4.98 Å². The van der Waals surface area contributed by atoms with Crippen molar-refractivity contribution >= 4 is 17.3 Å². The molecule has 0 radical (unpaired) electrons. The molecule has 0 aliphatic rings. The van der Waals surface area contributed by atoms with E-state index in [1.807, 2.05) is 48.5 Å². The molecule has 0 unspecified atom stereocenters. The van der Waals surface area contributed by atoms with Gasteiger partial charge in [-0.3, -0.25) is 4.79 Å². The standard InChI is InChI=1S/C18H15NO2S/c20-17(21)12-15-18(14-9-5-2-6-10-14)19-16(22-15)11-13-7-3-1-4-8-13/h1-10H,11-12H2,(H,20,21). The number of hydrogen-bond donors (Lipinski definition) is 1. The van der Waals surface area contributed by atoms with Crippen molar-refractivity contribution in [3.8, 4) is 11.3 Å². The van der Waals surface area contributed by atoms with Crippen LogP contribution in [0.25, 0.3) is 11.3 Å². The lowest BCUT2D eigenvalue weighted by Gasteiger charge is -1.99. The topological polar surface area (TPSA) is 50.2 Å². The van der Waals surface area contributed by atoms with E-state index in [0.717, 1.165) is 27.6 Å². The maximum atomic E-state index is 11.1. The number of carbonyl (C=O) groups is 1. The van der Waals surface area contributed by atoms with Crippen LogP contribution in [-0.2, 0) is 17.6 Å². The zero-order valence-corrected chi connectivity index (χ0v) is 12.7. The lowest BCUT2D eigenvalue weighted by molar-refractivity contribution is -0.136. The molecule has 0 spiro atoms. The van der Waals surface area contributed by atoms with E-state index in [9.17, 15) is 4.79 Å². The van der Waals surface area contributed by atoms with Crippen molar-refractivity contribution in [1.29, 1.82) is 0 Å². The van der Waals surface area contributed by atoms with Crippen molar-refractivity contribution in [3.05, 3.63) is 76.1 Å². The molecule has 0 saturated heterocycles. The molecule has 3 nitrogen and oxygen atoms in total. The summed E-state index contributed by atoms with van der Waals surface area (Å²) in [7, 11) is 0. The van der Waals surface area contributed by atoms with Crippen molar-refractivity contribution in [3.63, 3.8) is 0 Å². The minimum absolute atomic E-state index is 0.0106. The summed E-state index contributed by atoms with van der Waals surface area (Å²) < 4.78 is 0. The van der Waals surface area contributed by atoms with Gasteiger partial charge in [0.25, 0.3) is 0 Å². The average molecular weight is 309 g/mol. The molecule has 0 atom stereocenters. The number of aromatic nitrogens is 1. The van der Waals surface area contributed by atoms with E-state index in [0.29, 0.717) is 0 Å². The second kappa shape index (κ2) is 6.54. The van der Waals surface area contributed by atoms with Gasteiger partial charge in [-0.25, -0.2) is 4.98 Å². The fourth-order valence-corrected chi connectivity index (χ4v) is 3.44. The van der Waals surface area contributed by atoms with Gasteiger partial charge in [0, 0.05) is 16.9 Å². The van der Waals surface area contributed by atoms with Crippen LogP contribution in [0.3, 0.4) is 0 Å². The minimum Gasteiger partial charge on any atom is -0.481 e. The Kier molecular flexibility index (Phi) is 4.30. The molecule has 3 rings (SSSR count). The fraction of sp³-hybridized carbons (Fsp3) is 0.111. The van der Waals surface area contributed by atoms with E-state index in [-0.39, 0.29) is 6.42 Å². The summed E-state index contributed by atoms with van der Waals surface area (Å²) in [5.74, 6) is -0.827. The Bertz CT molecular complexity index is 766. The molecule has 0 aliphatic heterocycles. The van der Waals surface area contributed by atoms with Gasteiger partial charge in [-0.2, -0.15) is 0 Å². The molecule has 0 amide bonds. The third-order valence-corrected chi connectivity index (χ3v) is 4.35. The van der Waals surface area contributed by atoms with Gasteiger partial charge in [-0.15, -0.1) is 11.3 Å². The number of rotatable bonds is 5. The summed E-state index contributed by atoms with van der Waals surface area (Å²) in [4.78, 5) is 16.6. The molecule has 0 fully saturated rings. The summed E-state index contributed by atoms with van der Waals surface area (Å²) in [6, 6.07) is 19.8. The lowest BCUT2D eigenvalue weighted by atomic mass is 10.1. The Morgan fingerprint density at radius 1 is 1.00 bits per heavy atom. The van der Waals surface area contributed by atoms with Crippen LogP contribution in [0.4, 0.5) is 0 Å². The van der Waals surface area contributed by atoms with Crippen molar-refractivity contribution in [2.45, 2.75) is 12.8 Å². The number of nitrogens with zero attached hydrogens (tertiary/aromatic N) is 1. The lowest BCUT2D eigenvalue weighted by Crippen LogP contribution is -1.99. The number of aliphatic carboxylic acids is 1. The van der Waals surface area contributed by atoms with Gasteiger partial charge in [0.15, 0.2) is 0 Å². The fourth-order valence-electron chi connectivity index (χ4n) is 2.33. The first-order chi connectivity index (χ1) is 10.7. The number of thiazole rings is 1. The van der Waals surface area contributed by atoms with Crippen LogP contribution in [-0.4, -0.2) is 16.1 Å². The molecule has 0 bridgehead atoms. The molecular weight excluding hydrogens is 294 g/mol. The van der Waals surface area contributed by atoms with Gasteiger partial charge in [0.2, 0.25) is 0 Å². The Labute approximate surface area is 132 Å². The van der Waals surface area contributed by atoms with E-state index in [4.69, 9.17) is 5.11 Å². The Balaban J connectivity index is 1.96. The third-order valence-electron chi connectivity index (χ3n) is 3.30. The number of carboxylic acid groups (broad SMARTS) is 1. The summed E-state index contributed by atoms with van der Waals surface area (Å²) in [5.41, 5.74) is 2.94. The highest BCUT2D eigenvalue weighted by molar-refractivity contribution is 7.12. The summed E-state index contributed by atoms with van der Waals surface area (Å²) >= 11 is 1.49. The molecule has 1 N–H and O–H groups in total. The van der Waals surface area contributed by atoms with Gasteiger partial charge >= 0.3 is 5.97 Å². The van der Waals surface area contributed by atoms with Crippen molar-refractivity contribution < 1.29 is 9.90 Å². The first-order valence-corrected chi connectivity index (χ1v) is 7.84. The third kappa shape index (κ3) is 3.40. The molecule has 1 aromatic heterocycles. The molecule has 22 heavy (non-hydrogen) atoms. The second-order valence-corrected chi connectivity index (χ2v) is 6.15. The highest BCUT2D eigenvalue weighted by atomic mass is 32.1. The quantitative estimate of drug-likeness (QED) is 0.774. The van der Waals surface area contributed by atoms with E-state index in [2.05, 4.69) is 17.1 Å². The zero-order valence-electron chi connectivity index (χ0n) is 11.9. The highest BCUT2D eigenvalue weighted by Crippen LogP contribution is 2.30. The maximum Gasteiger partial charge on any atom is 0.308 e. The van der Waals surface area contributed by atoms with Crippen molar-refractivity contribution in [2.24, 2.45) is 0 Å². The minimum atomic E-state index is -0.827. The smallest absolute Gasteiger partial charge is 0.308 e. The number of benzene rings is 2. The summed E-state index contributed by atoms with van der Waals surface area (Å²) in [6.45, 7) is 0. The second-order valence-electron chi connectivity index (χ2n) is 4.98. The highest BCUT2D eigenvalue weighted by Gasteiger charge is 2.15. The molecule has 4 heteroatoms. The van der Waals surface area contributed by atoms with Gasteiger partial charge in [0.1, 0.15) is 0 Å². The summed E-state index contributed by atoms with van der Waals surface area (Å²) in [6.07, 6.45) is 0.738. The van der Waals surface area contributed by atoms with Crippen LogP contribution in [0, 0.1) is 0 Å². The van der Waals surface area contributed by atoms with E-state index in [1.165, 1.54) is 16.9 Å². The Morgan fingerprint density at radius 2 is 1.64 bits per heavy atom. The monoisotopic (exact) mass is 309 g/mol. The molecule has 2 aromatic carbocycles. The largest absolute Gasteiger partial charge is 0.481 e. The first-order valence-electron chi connectivity index (χ1n) is 7.02. The number of carboxylic acids is 1. The van der Waals surface area contributed by atoms with Crippen LogP contribution in [0.2, 0.25) is 0 Å². The zero-order chi connectivity index (χ0) is 15.4. The molecule has 110 valence electrons. The molecule has 3 aromatic rings. The van der Waals surface area contributed by atoms with Crippen LogP contribution < -0.4 is 0 Å². The maximum absolute atomic E-state index is 11.1. The average Bonchev–Trinajstić information content (AvgIpc) is 2.91. The van der Waals surface area contributed by atoms with Crippen LogP contribution in [0.1, 0.15) is 15.4 Å². The van der Waals surface area contributed by atoms with Crippen LogP contribution in [0.15, 0.2) is 60.7 Å². The van der Waals surface area contributed by atoms with Crippen molar-refractivity contribution in [2.75, 3.05) is 0 Å². The van der Waals surface area contributed by atoms with Gasteiger partial charge in [-0.1, -0.05) is 60.7 Å². The van der Waals surface area contributed by atoms with E-state index < -0.39 is 5.97 Å². The molecule has 0 aliphatic carbocycles. The molecule has 1 heterocycles.